The number of hydrogen-bond acceptors (Lipinski definition) is 1. The van der Waals surface area contributed by atoms with Gasteiger partial charge in [0.15, 0.2) is 0 Å². The predicted octanol–water partition coefficient (Wildman–Crippen LogP) is 12.8. The smallest absolute Gasteiger partial charge is 0.0540 e. The Balaban J connectivity index is 1.25. The molecule has 46 heavy (non-hydrogen) atoms. The van der Waals surface area contributed by atoms with Crippen LogP contribution in [-0.2, 0) is 5.41 Å². The van der Waals surface area contributed by atoms with Gasteiger partial charge in [0, 0.05) is 22.4 Å². The summed E-state index contributed by atoms with van der Waals surface area (Å²) in [6.07, 6.45) is 6.74. The summed E-state index contributed by atoms with van der Waals surface area (Å²) in [4.78, 5) is 2.46. The minimum Gasteiger partial charge on any atom is -0.310 e. The first-order valence-electron chi connectivity index (χ1n) is 17.0. The molecule has 8 rings (SSSR count). The third-order valence-electron chi connectivity index (χ3n) is 10.5. The van der Waals surface area contributed by atoms with Gasteiger partial charge >= 0.3 is 0 Å². The van der Waals surface area contributed by atoms with Crippen molar-refractivity contribution in [1.29, 1.82) is 0 Å². The second-order valence-corrected chi connectivity index (χ2v) is 13.6. The molecule has 0 aromatic heterocycles. The average molecular weight is 596 g/mol. The number of rotatable bonds is 6. The molecular weight excluding hydrogens is 555 g/mol. The molecule has 0 heterocycles. The fourth-order valence-electron chi connectivity index (χ4n) is 7.98. The Hall–Kier alpha value is -4.88. The van der Waals surface area contributed by atoms with Crippen LogP contribution in [0.2, 0.25) is 0 Å². The van der Waals surface area contributed by atoms with Crippen molar-refractivity contribution in [2.24, 2.45) is 0 Å². The van der Waals surface area contributed by atoms with Crippen molar-refractivity contribution >= 4 is 17.1 Å². The second-order valence-electron chi connectivity index (χ2n) is 13.6. The predicted molar refractivity (Wildman–Crippen MR) is 195 cm³/mol. The minimum absolute atomic E-state index is 0.0702. The van der Waals surface area contributed by atoms with E-state index in [1.165, 1.54) is 93.5 Å². The monoisotopic (exact) mass is 595 g/mol. The Morgan fingerprint density at radius 3 is 1.83 bits per heavy atom. The standard InChI is InChI=1S/C45H41N/c1-45(2)42-19-11-9-18-40(42)41-30-29-38(31-43(41)45)46(37-27-25-35(26-28-37)33-15-7-4-8-16-33)44-20-12-10-17-39(44)36-23-21-34(22-24-36)32-13-5-3-6-14-32/h4,7-12,15-32H,3,5-6,13-14H2,1-2H3. The van der Waals surface area contributed by atoms with Crippen LogP contribution in [0.25, 0.3) is 33.4 Å². The highest BCUT2D eigenvalue weighted by Crippen LogP contribution is 2.51. The van der Waals surface area contributed by atoms with Crippen molar-refractivity contribution in [3.63, 3.8) is 0 Å². The highest BCUT2D eigenvalue weighted by atomic mass is 15.1. The maximum absolute atomic E-state index is 2.46. The maximum Gasteiger partial charge on any atom is 0.0540 e. The Morgan fingerprint density at radius 1 is 0.478 bits per heavy atom. The van der Waals surface area contributed by atoms with Crippen LogP contribution in [0, 0.1) is 0 Å². The third kappa shape index (κ3) is 5.05. The van der Waals surface area contributed by atoms with Crippen LogP contribution in [-0.4, -0.2) is 0 Å². The van der Waals surface area contributed by atoms with Crippen molar-refractivity contribution < 1.29 is 0 Å². The first-order chi connectivity index (χ1) is 22.6. The molecule has 1 heteroatoms. The van der Waals surface area contributed by atoms with E-state index in [0.29, 0.717) is 5.92 Å². The van der Waals surface area contributed by atoms with Gasteiger partial charge in [-0.1, -0.05) is 148 Å². The second kappa shape index (κ2) is 11.8. The molecule has 0 unspecified atom stereocenters. The summed E-state index contributed by atoms with van der Waals surface area (Å²) in [6.45, 7) is 4.73. The average Bonchev–Trinajstić information content (AvgIpc) is 3.35. The summed E-state index contributed by atoms with van der Waals surface area (Å²) in [6, 6.07) is 54.1. The van der Waals surface area contributed by atoms with Gasteiger partial charge in [0.05, 0.1) is 5.69 Å². The highest BCUT2D eigenvalue weighted by molar-refractivity contribution is 5.90. The largest absolute Gasteiger partial charge is 0.310 e. The third-order valence-corrected chi connectivity index (χ3v) is 10.5. The minimum atomic E-state index is -0.0702. The first kappa shape index (κ1) is 28.6. The number of hydrogen-bond donors (Lipinski definition) is 0. The molecule has 0 amide bonds. The van der Waals surface area contributed by atoms with Gasteiger partial charge < -0.3 is 4.90 Å². The lowest BCUT2D eigenvalue weighted by atomic mass is 9.82. The molecule has 0 aliphatic heterocycles. The number of para-hydroxylation sites is 1. The lowest BCUT2D eigenvalue weighted by Gasteiger charge is -2.30. The van der Waals surface area contributed by atoms with E-state index in [9.17, 15) is 0 Å². The van der Waals surface area contributed by atoms with Crippen LogP contribution in [0.15, 0.2) is 146 Å². The SMILES string of the molecule is CC1(C)c2ccccc2-c2ccc(N(c3ccc(-c4ccccc4)cc3)c3ccccc3-c3ccc(C4CCCCC4)cc3)cc21. The van der Waals surface area contributed by atoms with Crippen molar-refractivity contribution in [2.45, 2.75) is 57.3 Å². The zero-order valence-electron chi connectivity index (χ0n) is 26.9. The van der Waals surface area contributed by atoms with E-state index in [2.05, 4.69) is 164 Å². The highest BCUT2D eigenvalue weighted by Gasteiger charge is 2.35. The van der Waals surface area contributed by atoms with Crippen LogP contribution >= 0.6 is 0 Å². The van der Waals surface area contributed by atoms with Crippen LogP contribution in [0.1, 0.15) is 68.6 Å². The van der Waals surface area contributed by atoms with Crippen LogP contribution < -0.4 is 4.90 Å². The van der Waals surface area contributed by atoms with Crippen molar-refractivity contribution in [1.82, 2.24) is 0 Å². The van der Waals surface area contributed by atoms with E-state index in [-0.39, 0.29) is 5.41 Å². The summed E-state index contributed by atoms with van der Waals surface area (Å²) in [5, 5.41) is 0. The quantitative estimate of drug-likeness (QED) is 0.185. The van der Waals surface area contributed by atoms with Gasteiger partial charge in [-0.15, -0.1) is 0 Å². The zero-order valence-corrected chi connectivity index (χ0v) is 26.9. The van der Waals surface area contributed by atoms with E-state index in [1.807, 2.05) is 0 Å². The van der Waals surface area contributed by atoms with E-state index in [4.69, 9.17) is 0 Å². The molecule has 0 saturated heterocycles. The number of benzene rings is 6. The van der Waals surface area contributed by atoms with E-state index < -0.39 is 0 Å². The fourth-order valence-corrected chi connectivity index (χ4v) is 7.98. The summed E-state index contributed by atoms with van der Waals surface area (Å²) in [7, 11) is 0. The van der Waals surface area contributed by atoms with Gasteiger partial charge in [0.1, 0.15) is 0 Å². The molecule has 1 fully saturated rings. The van der Waals surface area contributed by atoms with E-state index in [1.54, 1.807) is 0 Å². The number of fused-ring (bicyclic) bond motifs is 3. The lowest BCUT2D eigenvalue weighted by molar-refractivity contribution is 0.443. The molecule has 0 N–H and O–H groups in total. The van der Waals surface area contributed by atoms with Gasteiger partial charge in [0.25, 0.3) is 0 Å². The molecule has 6 aromatic carbocycles. The van der Waals surface area contributed by atoms with E-state index in [0.717, 1.165) is 5.69 Å². The molecule has 2 aliphatic carbocycles. The topological polar surface area (TPSA) is 3.24 Å². The fraction of sp³-hybridized carbons (Fsp3) is 0.200. The lowest BCUT2D eigenvalue weighted by Crippen LogP contribution is -2.16. The summed E-state index contributed by atoms with van der Waals surface area (Å²) >= 11 is 0. The van der Waals surface area contributed by atoms with Gasteiger partial charge in [-0.05, 0) is 93.6 Å². The Bertz CT molecular complexity index is 1980. The Labute approximate surface area is 274 Å². The van der Waals surface area contributed by atoms with E-state index >= 15 is 0 Å². The number of nitrogens with zero attached hydrogens (tertiary/aromatic N) is 1. The Morgan fingerprint density at radius 2 is 1.07 bits per heavy atom. The summed E-state index contributed by atoms with van der Waals surface area (Å²) in [5.41, 5.74) is 15.4. The molecule has 2 aliphatic rings. The molecular formula is C45H41N. The summed E-state index contributed by atoms with van der Waals surface area (Å²) < 4.78 is 0. The van der Waals surface area contributed by atoms with Gasteiger partial charge in [-0.2, -0.15) is 0 Å². The van der Waals surface area contributed by atoms with Crippen molar-refractivity contribution in [3.05, 3.63) is 162 Å². The normalized spacial score (nSPS) is 15.3. The van der Waals surface area contributed by atoms with Crippen LogP contribution in [0.4, 0.5) is 17.1 Å². The molecule has 226 valence electrons. The molecule has 6 aromatic rings. The molecule has 1 saturated carbocycles. The molecule has 1 nitrogen and oxygen atoms in total. The first-order valence-corrected chi connectivity index (χ1v) is 17.0. The van der Waals surface area contributed by atoms with Gasteiger partial charge in [-0.3, -0.25) is 0 Å². The van der Waals surface area contributed by atoms with Gasteiger partial charge in [-0.25, -0.2) is 0 Å². The molecule has 0 atom stereocenters. The molecule has 0 bridgehead atoms. The zero-order chi connectivity index (χ0) is 31.1. The van der Waals surface area contributed by atoms with Crippen molar-refractivity contribution in [3.8, 4) is 33.4 Å². The molecule has 0 radical (unpaired) electrons. The molecule has 0 spiro atoms. The maximum atomic E-state index is 2.46. The number of anilines is 3. The van der Waals surface area contributed by atoms with Crippen molar-refractivity contribution in [2.75, 3.05) is 4.90 Å². The van der Waals surface area contributed by atoms with Crippen LogP contribution in [0.5, 0.6) is 0 Å². The van der Waals surface area contributed by atoms with Gasteiger partial charge in [0.2, 0.25) is 0 Å². The summed E-state index contributed by atoms with van der Waals surface area (Å²) in [5.74, 6) is 0.705. The van der Waals surface area contributed by atoms with Crippen LogP contribution in [0.3, 0.4) is 0 Å². The Kier molecular flexibility index (Phi) is 7.34.